The quantitative estimate of drug-likeness (QED) is 0.396. The van der Waals surface area contributed by atoms with Gasteiger partial charge in [-0.05, 0) is 31.9 Å². The van der Waals surface area contributed by atoms with Crippen LogP contribution in [0.2, 0.25) is 0 Å². The molecule has 0 aliphatic heterocycles. The number of nitrogens with one attached hydrogen (secondary N) is 4. The number of benzene rings is 1. The van der Waals surface area contributed by atoms with Gasteiger partial charge in [-0.25, -0.2) is 0 Å². The molecule has 0 radical (unpaired) electrons. The molecule has 0 spiro atoms. The maximum atomic E-state index is 12.9. The fourth-order valence-corrected chi connectivity index (χ4v) is 2.78. The molecule has 1 aromatic rings. The molecule has 0 aliphatic carbocycles. The molecule has 0 aliphatic rings. The molecule has 0 fully saturated rings. The van der Waals surface area contributed by atoms with Crippen LogP contribution in [0.4, 0.5) is 0 Å². The Hall–Kier alpha value is -2.74. The van der Waals surface area contributed by atoms with Crippen LogP contribution < -0.4 is 21.3 Å². The highest BCUT2D eigenvalue weighted by molar-refractivity contribution is 5.93. The highest BCUT2D eigenvalue weighted by atomic mass is 16.2. The van der Waals surface area contributed by atoms with E-state index in [9.17, 15) is 19.2 Å². The van der Waals surface area contributed by atoms with Crippen molar-refractivity contribution in [2.24, 2.45) is 5.92 Å². The summed E-state index contributed by atoms with van der Waals surface area (Å²) in [5, 5.41) is 10.7. The van der Waals surface area contributed by atoms with Crippen molar-refractivity contribution >= 4 is 23.5 Å². The number of rotatable bonds is 12. The van der Waals surface area contributed by atoms with Crippen molar-refractivity contribution in [3.05, 3.63) is 35.9 Å². The number of likely N-dealkylation sites (N-methyl/N-ethyl adjacent to an activating group) is 1. The predicted octanol–water partition coefficient (Wildman–Crippen LogP) is 0.169. The lowest BCUT2D eigenvalue weighted by atomic mass is 10.0. The Bertz CT molecular complexity index is 691. The summed E-state index contributed by atoms with van der Waals surface area (Å²) in [7, 11) is 1.64. The van der Waals surface area contributed by atoms with E-state index in [1.807, 2.05) is 44.2 Å². The molecule has 4 N–H and O–H groups in total. The van der Waals surface area contributed by atoms with E-state index in [0.29, 0.717) is 12.8 Å². The number of Topliss-reactive ketones (excluding diaryl/α,β-unsaturated/α-hetero) is 1. The molecule has 29 heavy (non-hydrogen) atoms. The van der Waals surface area contributed by atoms with E-state index in [2.05, 4.69) is 21.3 Å². The summed E-state index contributed by atoms with van der Waals surface area (Å²) in [6.07, 6.45) is 0.712. The molecule has 8 nitrogen and oxygen atoms in total. The second kappa shape index (κ2) is 12.7. The molecule has 2 unspecified atom stereocenters. The van der Waals surface area contributed by atoms with E-state index in [1.54, 1.807) is 7.05 Å². The van der Waals surface area contributed by atoms with Crippen molar-refractivity contribution in [3.63, 3.8) is 0 Å². The smallest absolute Gasteiger partial charge is 0.243 e. The van der Waals surface area contributed by atoms with Crippen molar-refractivity contribution in [1.29, 1.82) is 0 Å². The lowest BCUT2D eigenvalue weighted by Gasteiger charge is -2.24. The Morgan fingerprint density at radius 3 is 2.10 bits per heavy atom. The third kappa shape index (κ3) is 9.84. The summed E-state index contributed by atoms with van der Waals surface area (Å²) < 4.78 is 0. The minimum Gasteiger partial charge on any atom is -0.347 e. The van der Waals surface area contributed by atoms with Crippen molar-refractivity contribution in [3.8, 4) is 0 Å². The zero-order valence-corrected chi connectivity index (χ0v) is 17.6. The number of ketones is 1. The molecule has 0 bridgehead atoms. The number of hydrogen-bond donors (Lipinski definition) is 4. The highest BCUT2D eigenvalue weighted by Crippen LogP contribution is 2.08. The van der Waals surface area contributed by atoms with Crippen LogP contribution in [-0.2, 0) is 25.6 Å². The first-order chi connectivity index (χ1) is 13.7. The van der Waals surface area contributed by atoms with Gasteiger partial charge in [0, 0.05) is 6.42 Å². The number of hydrogen-bond acceptors (Lipinski definition) is 5. The maximum Gasteiger partial charge on any atom is 0.243 e. The van der Waals surface area contributed by atoms with Gasteiger partial charge in [0.05, 0.1) is 13.1 Å². The third-order valence-corrected chi connectivity index (χ3v) is 4.12. The van der Waals surface area contributed by atoms with Crippen LogP contribution in [0.5, 0.6) is 0 Å². The summed E-state index contributed by atoms with van der Waals surface area (Å²) in [5.74, 6) is -1.20. The topological polar surface area (TPSA) is 116 Å². The third-order valence-electron chi connectivity index (χ3n) is 4.12. The molecule has 0 aromatic heterocycles. The fourth-order valence-electron chi connectivity index (χ4n) is 2.78. The summed E-state index contributed by atoms with van der Waals surface area (Å²) in [6.45, 7) is 5.24. The SMILES string of the molecule is CNCC(=O)NC(Cc1ccccc1)C(=O)NC(CC(C)C)C(=O)NCC(C)=O. The summed E-state index contributed by atoms with van der Waals surface area (Å²) in [4.78, 5) is 48.6. The maximum absolute atomic E-state index is 12.9. The Morgan fingerprint density at radius 1 is 0.897 bits per heavy atom. The average molecular weight is 405 g/mol. The lowest BCUT2D eigenvalue weighted by molar-refractivity contribution is -0.132. The standard InChI is InChI=1S/C21H32N4O4/c1-14(2)10-17(20(28)23-12-15(3)26)25-21(29)18(24-19(27)13-22-4)11-16-8-6-5-7-9-16/h5-9,14,17-18,22H,10-13H2,1-4H3,(H,23,28)(H,24,27)(H,25,29). The van der Waals surface area contributed by atoms with Crippen LogP contribution >= 0.6 is 0 Å². The second-order valence-corrected chi connectivity index (χ2v) is 7.45. The van der Waals surface area contributed by atoms with Gasteiger partial charge in [0.2, 0.25) is 17.7 Å². The minimum absolute atomic E-state index is 0.0765. The first-order valence-electron chi connectivity index (χ1n) is 9.78. The first kappa shape index (κ1) is 24.3. The van der Waals surface area contributed by atoms with Gasteiger partial charge in [-0.1, -0.05) is 44.2 Å². The minimum atomic E-state index is -0.825. The van der Waals surface area contributed by atoms with Crippen LogP contribution in [0.25, 0.3) is 0 Å². The van der Waals surface area contributed by atoms with Crippen LogP contribution in [0.1, 0.15) is 32.8 Å². The van der Waals surface area contributed by atoms with Crippen LogP contribution in [0.3, 0.4) is 0 Å². The zero-order chi connectivity index (χ0) is 21.8. The number of amides is 3. The van der Waals surface area contributed by atoms with Crippen molar-refractivity contribution in [2.45, 2.75) is 45.7 Å². The van der Waals surface area contributed by atoms with Crippen LogP contribution in [0.15, 0.2) is 30.3 Å². The molecular formula is C21H32N4O4. The van der Waals surface area contributed by atoms with Gasteiger partial charge < -0.3 is 21.3 Å². The Labute approximate surface area is 172 Å². The van der Waals surface area contributed by atoms with Crippen LogP contribution in [0, 0.1) is 5.92 Å². The van der Waals surface area contributed by atoms with Crippen molar-refractivity contribution in [1.82, 2.24) is 21.3 Å². The molecule has 0 heterocycles. The highest BCUT2D eigenvalue weighted by Gasteiger charge is 2.27. The van der Waals surface area contributed by atoms with Gasteiger partial charge >= 0.3 is 0 Å². The van der Waals surface area contributed by atoms with E-state index in [4.69, 9.17) is 0 Å². The van der Waals surface area contributed by atoms with E-state index < -0.39 is 23.9 Å². The summed E-state index contributed by atoms with van der Waals surface area (Å²) >= 11 is 0. The molecule has 1 aromatic carbocycles. The average Bonchev–Trinajstić information content (AvgIpc) is 2.65. The normalized spacial score (nSPS) is 12.7. The predicted molar refractivity (Wildman–Crippen MR) is 111 cm³/mol. The Morgan fingerprint density at radius 2 is 1.55 bits per heavy atom. The molecule has 1 rings (SSSR count). The molecule has 0 saturated heterocycles. The monoisotopic (exact) mass is 404 g/mol. The molecule has 0 saturated carbocycles. The zero-order valence-electron chi connectivity index (χ0n) is 17.6. The summed E-state index contributed by atoms with van der Waals surface area (Å²) in [5.41, 5.74) is 0.888. The number of carbonyl (C=O) groups is 4. The second-order valence-electron chi connectivity index (χ2n) is 7.45. The molecular weight excluding hydrogens is 372 g/mol. The largest absolute Gasteiger partial charge is 0.347 e. The molecule has 8 heteroatoms. The Balaban J connectivity index is 2.92. The first-order valence-corrected chi connectivity index (χ1v) is 9.78. The van der Waals surface area contributed by atoms with E-state index in [-0.39, 0.29) is 30.7 Å². The molecule has 2 atom stereocenters. The van der Waals surface area contributed by atoms with Gasteiger partial charge in [-0.3, -0.25) is 19.2 Å². The van der Waals surface area contributed by atoms with Gasteiger partial charge in [-0.15, -0.1) is 0 Å². The van der Waals surface area contributed by atoms with E-state index in [0.717, 1.165) is 5.56 Å². The molecule has 3 amide bonds. The van der Waals surface area contributed by atoms with Crippen molar-refractivity contribution in [2.75, 3.05) is 20.1 Å². The van der Waals surface area contributed by atoms with Crippen molar-refractivity contribution < 1.29 is 19.2 Å². The molecule has 160 valence electrons. The Kier molecular flexibility index (Phi) is 10.6. The fraction of sp³-hybridized carbons (Fsp3) is 0.524. The number of carbonyl (C=O) groups excluding carboxylic acids is 4. The lowest BCUT2D eigenvalue weighted by Crippen LogP contribution is -2.55. The van der Waals surface area contributed by atoms with E-state index >= 15 is 0 Å². The van der Waals surface area contributed by atoms with Gasteiger partial charge in [-0.2, -0.15) is 0 Å². The summed E-state index contributed by atoms with van der Waals surface area (Å²) in [6, 6.07) is 7.71. The van der Waals surface area contributed by atoms with Crippen LogP contribution in [-0.4, -0.2) is 55.7 Å². The van der Waals surface area contributed by atoms with Gasteiger partial charge in [0.25, 0.3) is 0 Å². The van der Waals surface area contributed by atoms with Gasteiger partial charge in [0.1, 0.15) is 17.9 Å². The van der Waals surface area contributed by atoms with Gasteiger partial charge in [0.15, 0.2) is 0 Å². The van der Waals surface area contributed by atoms with E-state index in [1.165, 1.54) is 6.92 Å².